The average Bonchev–Trinajstić information content (AvgIpc) is 2.40. The van der Waals surface area contributed by atoms with Crippen molar-refractivity contribution in [1.82, 2.24) is 15.3 Å². The highest BCUT2D eigenvalue weighted by atomic mass is 32.2. The molecule has 2 atom stereocenters. The van der Waals surface area contributed by atoms with E-state index in [1.165, 1.54) is 6.07 Å². The molecule has 0 bridgehead atoms. The van der Waals surface area contributed by atoms with Crippen LogP contribution in [0.5, 0.6) is 0 Å². The summed E-state index contributed by atoms with van der Waals surface area (Å²) >= 11 is 1.69. The van der Waals surface area contributed by atoms with Crippen molar-refractivity contribution in [2.75, 3.05) is 6.54 Å². The molecule has 0 saturated heterocycles. The predicted molar refractivity (Wildman–Crippen MR) is 86.5 cm³/mol. The lowest BCUT2D eigenvalue weighted by Crippen LogP contribution is -2.38. The van der Waals surface area contributed by atoms with E-state index in [0.717, 1.165) is 43.1 Å². The highest BCUT2D eigenvalue weighted by Gasteiger charge is 2.20. The molecule has 0 aliphatic rings. The van der Waals surface area contributed by atoms with Crippen LogP contribution in [0.3, 0.4) is 0 Å². The van der Waals surface area contributed by atoms with E-state index in [-0.39, 0.29) is 5.56 Å². The van der Waals surface area contributed by atoms with Gasteiger partial charge in [-0.05, 0) is 32.7 Å². The van der Waals surface area contributed by atoms with Gasteiger partial charge in [-0.25, -0.2) is 4.98 Å². The first kappa shape index (κ1) is 17.2. The van der Waals surface area contributed by atoms with Gasteiger partial charge < -0.3 is 10.3 Å². The third-order valence-electron chi connectivity index (χ3n) is 3.22. The maximum Gasteiger partial charge on any atom is 0.251 e. The van der Waals surface area contributed by atoms with Crippen LogP contribution in [0.4, 0.5) is 0 Å². The van der Waals surface area contributed by atoms with E-state index in [0.29, 0.717) is 11.3 Å². The zero-order valence-electron chi connectivity index (χ0n) is 13.0. The zero-order chi connectivity index (χ0) is 15.0. The summed E-state index contributed by atoms with van der Waals surface area (Å²) in [5.74, 6) is 0. The summed E-state index contributed by atoms with van der Waals surface area (Å²) in [4.78, 5) is 18.8. The summed E-state index contributed by atoms with van der Waals surface area (Å²) in [6, 6.07) is 2.00. The fourth-order valence-corrected chi connectivity index (χ4v) is 3.47. The molecule has 114 valence electrons. The van der Waals surface area contributed by atoms with E-state index >= 15 is 0 Å². The fourth-order valence-electron chi connectivity index (χ4n) is 2.26. The van der Waals surface area contributed by atoms with Crippen LogP contribution < -0.4 is 10.9 Å². The number of thioether (sulfide) groups is 1. The van der Waals surface area contributed by atoms with Gasteiger partial charge in [0.25, 0.3) is 5.56 Å². The molecule has 0 radical (unpaired) electrons. The SMILES string of the molecule is CCCNC(CCC)C(CC)Sc1nc(C)cc(=O)[nH]1. The summed E-state index contributed by atoms with van der Waals surface area (Å²) in [7, 11) is 0. The fraction of sp³-hybridized carbons (Fsp3) is 0.733. The number of nitrogens with zero attached hydrogens (tertiary/aromatic N) is 1. The molecular formula is C15H27N3OS. The molecule has 5 heteroatoms. The second-order valence-electron chi connectivity index (χ2n) is 5.11. The second kappa shape index (κ2) is 9.19. The van der Waals surface area contributed by atoms with Crippen molar-refractivity contribution >= 4 is 11.8 Å². The molecule has 1 aromatic heterocycles. The van der Waals surface area contributed by atoms with Crippen LogP contribution in [0.2, 0.25) is 0 Å². The van der Waals surface area contributed by atoms with Crippen molar-refractivity contribution in [3.8, 4) is 0 Å². The van der Waals surface area contributed by atoms with Gasteiger partial charge in [-0.2, -0.15) is 0 Å². The minimum atomic E-state index is -0.0663. The van der Waals surface area contributed by atoms with E-state index in [1.54, 1.807) is 11.8 Å². The van der Waals surface area contributed by atoms with E-state index in [9.17, 15) is 4.79 Å². The molecule has 4 nitrogen and oxygen atoms in total. The van der Waals surface area contributed by atoms with Crippen molar-refractivity contribution in [3.63, 3.8) is 0 Å². The van der Waals surface area contributed by atoms with Gasteiger partial charge in [0, 0.05) is 23.1 Å². The maximum atomic E-state index is 11.5. The van der Waals surface area contributed by atoms with E-state index < -0.39 is 0 Å². The van der Waals surface area contributed by atoms with Crippen LogP contribution in [0, 0.1) is 6.92 Å². The van der Waals surface area contributed by atoms with E-state index in [1.807, 2.05) is 6.92 Å². The highest BCUT2D eigenvalue weighted by molar-refractivity contribution is 7.99. The Bertz CT molecular complexity index is 447. The Kier molecular flexibility index (Phi) is 7.92. The number of aryl methyl sites for hydroxylation is 1. The number of hydrogen-bond donors (Lipinski definition) is 2. The summed E-state index contributed by atoms with van der Waals surface area (Å²) in [5.41, 5.74) is 0.711. The summed E-state index contributed by atoms with van der Waals surface area (Å²) in [6.07, 6.45) is 4.52. The first-order valence-corrected chi connectivity index (χ1v) is 8.46. The third kappa shape index (κ3) is 5.67. The molecule has 1 rings (SSSR count). The average molecular weight is 297 g/mol. The van der Waals surface area contributed by atoms with Gasteiger partial charge in [0.1, 0.15) is 0 Å². The van der Waals surface area contributed by atoms with Gasteiger partial charge in [-0.1, -0.05) is 39.0 Å². The number of aromatic amines is 1. The number of hydrogen-bond acceptors (Lipinski definition) is 4. The lowest BCUT2D eigenvalue weighted by atomic mass is 10.1. The normalized spacial score (nSPS) is 14.2. The smallest absolute Gasteiger partial charge is 0.251 e. The third-order valence-corrected chi connectivity index (χ3v) is 4.60. The molecule has 1 aromatic rings. The molecule has 1 heterocycles. The Morgan fingerprint density at radius 3 is 2.65 bits per heavy atom. The molecule has 0 aromatic carbocycles. The lowest BCUT2D eigenvalue weighted by Gasteiger charge is -2.26. The number of H-pyrrole nitrogens is 1. The Morgan fingerprint density at radius 2 is 2.10 bits per heavy atom. The van der Waals surface area contributed by atoms with Gasteiger partial charge in [-0.3, -0.25) is 4.79 Å². The molecule has 0 spiro atoms. The van der Waals surface area contributed by atoms with Crippen molar-refractivity contribution in [2.45, 2.75) is 69.8 Å². The van der Waals surface area contributed by atoms with Crippen molar-refractivity contribution in [1.29, 1.82) is 0 Å². The quantitative estimate of drug-likeness (QED) is 0.543. The molecule has 0 fully saturated rings. The van der Waals surface area contributed by atoms with Crippen LogP contribution in [-0.2, 0) is 0 Å². The number of aromatic nitrogens is 2. The van der Waals surface area contributed by atoms with Crippen LogP contribution in [0.15, 0.2) is 16.0 Å². The van der Waals surface area contributed by atoms with Gasteiger partial charge >= 0.3 is 0 Å². The van der Waals surface area contributed by atoms with Crippen molar-refractivity contribution in [3.05, 3.63) is 22.1 Å². The van der Waals surface area contributed by atoms with Gasteiger partial charge in [0.05, 0.1) is 0 Å². The molecule has 0 aliphatic heterocycles. The molecule has 0 amide bonds. The van der Waals surface area contributed by atoms with Crippen molar-refractivity contribution in [2.24, 2.45) is 0 Å². The van der Waals surface area contributed by atoms with Gasteiger partial charge in [-0.15, -0.1) is 0 Å². The standard InChI is InChI=1S/C15H27N3OS/c1-5-8-12(16-9-6-2)13(7-3)20-15-17-11(4)10-14(19)18-15/h10,12-13,16H,5-9H2,1-4H3,(H,17,18,19). The van der Waals surface area contributed by atoms with Crippen LogP contribution in [0.1, 0.15) is 52.1 Å². The lowest BCUT2D eigenvalue weighted by molar-refractivity contribution is 0.454. The monoisotopic (exact) mass is 297 g/mol. The van der Waals surface area contributed by atoms with E-state index in [2.05, 4.69) is 36.1 Å². The Morgan fingerprint density at radius 1 is 1.35 bits per heavy atom. The molecule has 2 unspecified atom stereocenters. The summed E-state index contributed by atoms with van der Waals surface area (Å²) in [5, 5.41) is 4.80. The molecule has 20 heavy (non-hydrogen) atoms. The Labute approximate surface area is 126 Å². The van der Waals surface area contributed by atoms with Crippen LogP contribution in [0.25, 0.3) is 0 Å². The second-order valence-corrected chi connectivity index (χ2v) is 6.33. The zero-order valence-corrected chi connectivity index (χ0v) is 13.8. The Hall–Kier alpha value is -0.810. The highest BCUT2D eigenvalue weighted by Crippen LogP contribution is 2.26. The van der Waals surface area contributed by atoms with Crippen LogP contribution in [-0.4, -0.2) is 27.8 Å². The first-order valence-electron chi connectivity index (χ1n) is 7.58. The van der Waals surface area contributed by atoms with Crippen molar-refractivity contribution < 1.29 is 0 Å². The molecule has 0 aliphatic carbocycles. The molecular weight excluding hydrogens is 270 g/mol. The van der Waals surface area contributed by atoms with Gasteiger partial charge in [0.15, 0.2) is 5.16 Å². The number of rotatable bonds is 9. The van der Waals surface area contributed by atoms with Gasteiger partial charge in [0.2, 0.25) is 0 Å². The minimum absolute atomic E-state index is 0.0663. The van der Waals surface area contributed by atoms with Crippen LogP contribution >= 0.6 is 11.8 Å². The largest absolute Gasteiger partial charge is 0.313 e. The molecule has 0 saturated carbocycles. The Balaban J connectivity index is 2.78. The first-order chi connectivity index (χ1) is 9.60. The summed E-state index contributed by atoms with van der Waals surface area (Å²) < 4.78 is 0. The topological polar surface area (TPSA) is 57.8 Å². The van der Waals surface area contributed by atoms with E-state index in [4.69, 9.17) is 0 Å². The molecule has 2 N–H and O–H groups in total. The maximum absolute atomic E-state index is 11.5. The number of nitrogens with one attached hydrogen (secondary N) is 2. The predicted octanol–water partition coefficient (Wildman–Crippen LogP) is 3.12. The summed E-state index contributed by atoms with van der Waals surface area (Å²) in [6.45, 7) is 9.49. The minimum Gasteiger partial charge on any atom is -0.313 e.